The maximum Gasteiger partial charge on any atom is 0.410 e. The van der Waals surface area contributed by atoms with Crippen LogP contribution in [0, 0.1) is 0 Å². The van der Waals surface area contributed by atoms with Gasteiger partial charge in [0.1, 0.15) is 5.60 Å². The van der Waals surface area contributed by atoms with Crippen LogP contribution in [-0.4, -0.2) is 54.5 Å². The van der Waals surface area contributed by atoms with Crippen molar-refractivity contribution in [2.45, 2.75) is 64.4 Å². The van der Waals surface area contributed by atoms with Gasteiger partial charge in [-0.2, -0.15) is 0 Å². The first kappa shape index (κ1) is 14.6. The second-order valence-corrected chi connectivity index (χ2v) is 6.64. The number of rotatable bonds is 3. The molecule has 0 aliphatic carbocycles. The molecule has 5 nitrogen and oxygen atoms in total. The number of amides is 1. The van der Waals surface area contributed by atoms with Gasteiger partial charge in [0.25, 0.3) is 0 Å². The number of nitrogens with zero attached hydrogens (tertiary/aromatic N) is 1. The van der Waals surface area contributed by atoms with Crippen LogP contribution in [0.3, 0.4) is 0 Å². The molecule has 1 amide bonds. The molecule has 2 unspecified atom stereocenters. The number of carbonyl (C=O) groups excluding carboxylic acids is 1. The molecule has 0 aromatic heterocycles. The Kier molecular flexibility index (Phi) is 4.36. The van der Waals surface area contributed by atoms with Crippen LogP contribution in [-0.2, 0) is 9.47 Å². The fraction of sp³-hybridized carbons (Fsp3) is 0.929. The Hall–Kier alpha value is -0.810. The van der Waals surface area contributed by atoms with Gasteiger partial charge < -0.3 is 19.7 Å². The van der Waals surface area contributed by atoms with E-state index < -0.39 is 5.60 Å². The van der Waals surface area contributed by atoms with Crippen LogP contribution in [0.1, 0.15) is 40.5 Å². The third kappa shape index (κ3) is 4.35. The van der Waals surface area contributed by atoms with Crippen molar-refractivity contribution < 1.29 is 14.3 Å². The summed E-state index contributed by atoms with van der Waals surface area (Å²) in [7, 11) is 0. The molecule has 0 spiro atoms. The molecule has 19 heavy (non-hydrogen) atoms. The van der Waals surface area contributed by atoms with Gasteiger partial charge in [-0.25, -0.2) is 4.79 Å². The summed E-state index contributed by atoms with van der Waals surface area (Å²) in [5.41, 5.74) is -0.413. The number of ether oxygens (including phenoxy) is 2. The maximum absolute atomic E-state index is 11.7. The predicted molar refractivity (Wildman–Crippen MR) is 73.2 cm³/mol. The topological polar surface area (TPSA) is 50.8 Å². The van der Waals surface area contributed by atoms with Crippen molar-refractivity contribution in [3.05, 3.63) is 0 Å². The van der Waals surface area contributed by atoms with Crippen molar-refractivity contribution in [2.24, 2.45) is 0 Å². The molecular formula is C14H26N2O3. The first-order valence-corrected chi connectivity index (χ1v) is 7.20. The number of hydrogen-bond donors (Lipinski definition) is 1. The Morgan fingerprint density at radius 1 is 1.37 bits per heavy atom. The summed E-state index contributed by atoms with van der Waals surface area (Å²) < 4.78 is 11.1. The smallest absolute Gasteiger partial charge is 0.410 e. The summed E-state index contributed by atoms with van der Waals surface area (Å²) in [5.74, 6) is 0. The van der Waals surface area contributed by atoms with Gasteiger partial charge in [-0.3, -0.25) is 0 Å². The lowest BCUT2D eigenvalue weighted by atomic mass is 10.1. The summed E-state index contributed by atoms with van der Waals surface area (Å²) in [6.45, 7) is 10.1. The third-order valence-corrected chi connectivity index (χ3v) is 3.49. The van der Waals surface area contributed by atoms with E-state index in [1.807, 2.05) is 20.8 Å². The molecule has 110 valence electrons. The van der Waals surface area contributed by atoms with Gasteiger partial charge in [-0.1, -0.05) is 0 Å². The van der Waals surface area contributed by atoms with Crippen LogP contribution >= 0.6 is 0 Å². The normalized spacial score (nSPS) is 28.3. The molecule has 2 atom stereocenters. The second-order valence-electron chi connectivity index (χ2n) is 6.64. The van der Waals surface area contributed by atoms with Crippen molar-refractivity contribution in [1.82, 2.24) is 10.2 Å². The van der Waals surface area contributed by atoms with Crippen LogP contribution in [0.15, 0.2) is 0 Å². The zero-order chi connectivity index (χ0) is 14.0. The highest BCUT2D eigenvalue weighted by molar-refractivity contribution is 5.69. The first-order chi connectivity index (χ1) is 8.83. The van der Waals surface area contributed by atoms with Gasteiger partial charge in [0, 0.05) is 25.7 Å². The van der Waals surface area contributed by atoms with Gasteiger partial charge >= 0.3 is 6.09 Å². The van der Waals surface area contributed by atoms with Crippen LogP contribution < -0.4 is 5.32 Å². The molecule has 2 saturated heterocycles. The Labute approximate surface area is 115 Å². The quantitative estimate of drug-likeness (QED) is 0.849. The summed E-state index contributed by atoms with van der Waals surface area (Å²) in [6, 6.07) is 0.382. The van der Waals surface area contributed by atoms with E-state index in [9.17, 15) is 4.79 Å². The Bertz CT molecular complexity index is 321. The van der Waals surface area contributed by atoms with E-state index in [0.29, 0.717) is 18.2 Å². The Morgan fingerprint density at radius 2 is 2.05 bits per heavy atom. The van der Waals surface area contributed by atoms with Crippen molar-refractivity contribution in [3.8, 4) is 0 Å². The van der Waals surface area contributed by atoms with Gasteiger partial charge in [-0.05, 0) is 40.5 Å². The van der Waals surface area contributed by atoms with Crippen LogP contribution in [0.4, 0.5) is 4.79 Å². The number of nitrogens with one attached hydrogen (secondary N) is 1. The molecule has 2 aliphatic rings. The first-order valence-electron chi connectivity index (χ1n) is 7.20. The van der Waals surface area contributed by atoms with E-state index in [-0.39, 0.29) is 6.09 Å². The SMILES string of the molecule is CC1CCC(CNC2CN(C(=O)OC(C)(C)C)C2)O1. The molecular weight excluding hydrogens is 244 g/mol. The van der Waals surface area contributed by atoms with Gasteiger partial charge in [0.15, 0.2) is 0 Å². The van der Waals surface area contributed by atoms with Gasteiger partial charge in [-0.15, -0.1) is 0 Å². The van der Waals surface area contributed by atoms with Gasteiger partial charge in [0.05, 0.1) is 12.2 Å². The average Bonchev–Trinajstić information content (AvgIpc) is 2.59. The highest BCUT2D eigenvalue weighted by Crippen LogP contribution is 2.19. The zero-order valence-electron chi connectivity index (χ0n) is 12.4. The number of hydrogen-bond acceptors (Lipinski definition) is 4. The summed E-state index contributed by atoms with van der Waals surface area (Å²) in [4.78, 5) is 13.5. The lowest BCUT2D eigenvalue weighted by molar-refractivity contribution is 0.00238. The molecule has 0 radical (unpaired) electrons. The highest BCUT2D eigenvalue weighted by atomic mass is 16.6. The van der Waals surface area contributed by atoms with Crippen molar-refractivity contribution in [3.63, 3.8) is 0 Å². The standard InChI is InChI=1S/C14H26N2O3/c1-10-5-6-12(18-10)7-15-11-8-16(9-11)13(17)19-14(2,3)4/h10-12,15H,5-9H2,1-4H3. The average molecular weight is 270 g/mol. The summed E-state index contributed by atoms with van der Waals surface area (Å²) in [6.07, 6.45) is 2.81. The lowest BCUT2D eigenvalue weighted by Crippen LogP contribution is -2.61. The molecule has 5 heteroatoms. The lowest BCUT2D eigenvalue weighted by Gasteiger charge is -2.40. The van der Waals surface area contributed by atoms with Crippen molar-refractivity contribution in [2.75, 3.05) is 19.6 Å². The summed E-state index contributed by atoms with van der Waals surface area (Å²) >= 11 is 0. The van der Waals surface area contributed by atoms with Crippen molar-refractivity contribution in [1.29, 1.82) is 0 Å². The minimum absolute atomic E-state index is 0.212. The van der Waals surface area contributed by atoms with E-state index >= 15 is 0 Å². The zero-order valence-corrected chi connectivity index (χ0v) is 12.4. The highest BCUT2D eigenvalue weighted by Gasteiger charge is 2.34. The molecule has 2 rings (SSSR count). The molecule has 0 bridgehead atoms. The van der Waals surface area contributed by atoms with E-state index in [1.165, 1.54) is 0 Å². The van der Waals surface area contributed by atoms with E-state index in [4.69, 9.17) is 9.47 Å². The number of likely N-dealkylation sites (tertiary alicyclic amines) is 1. The Morgan fingerprint density at radius 3 is 2.58 bits per heavy atom. The van der Waals surface area contributed by atoms with Gasteiger partial charge in [0.2, 0.25) is 0 Å². The minimum atomic E-state index is -0.413. The van der Waals surface area contributed by atoms with Crippen molar-refractivity contribution >= 4 is 6.09 Å². The Balaban J connectivity index is 1.60. The molecule has 2 fully saturated rings. The predicted octanol–water partition coefficient (Wildman–Crippen LogP) is 1.76. The third-order valence-electron chi connectivity index (χ3n) is 3.49. The van der Waals surface area contributed by atoms with E-state index in [2.05, 4.69) is 12.2 Å². The van der Waals surface area contributed by atoms with E-state index in [0.717, 1.165) is 32.5 Å². The van der Waals surface area contributed by atoms with Crippen LogP contribution in [0.5, 0.6) is 0 Å². The summed E-state index contributed by atoms with van der Waals surface area (Å²) in [5, 5.41) is 3.45. The number of carbonyl (C=O) groups is 1. The fourth-order valence-electron chi connectivity index (χ4n) is 2.42. The second kappa shape index (κ2) is 5.67. The minimum Gasteiger partial charge on any atom is -0.444 e. The largest absolute Gasteiger partial charge is 0.444 e. The maximum atomic E-state index is 11.7. The molecule has 1 N–H and O–H groups in total. The molecule has 2 heterocycles. The monoisotopic (exact) mass is 270 g/mol. The molecule has 0 aromatic carbocycles. The molecule has 0 aromatic rings. The van der Waals surface area contributed by atoms with E-state index in [1.54, 1.807) is 4.90 Å². The van der Waals surface area contributed by atoms with Crippen LogP contribution in [0.2, 0.25) is 0 Å². The molecule has 0 saturated carbocycles. The molecule has 2 aliphatic heterocycles. The van der Waals surface area contributed by atoms with Crippen LogP contribution in [0.25, 0.3) is 0 Å². The fourth-order valence-corrected chi connectivity index (χ4v) is 2.42.